The van der Waals surface area contributed by atoms with Crippen LogP contribution in [-0.4, -0.2) is 5.11 Å². The first-order chi connectivity index (χ1) is 10.1. The Balaban J connectivity index is 2.35. The van der Waals surface area contributed by atoms with E-state index in [1.54, 1.807) is 6.07 Å². The van der Waals surface area contributed by atoms with Crippen molar-refractivity contribution in [2.24, 2.45) is 0 Å². The molecule has 2 aromatic carbocycles. The minimum Gasteiger partial charge on any atom is -0.459 e. The molecule has 0 bridgehead atoms. The number of benzene rings is 2. The Hall–Kier alpha value is -2.09. The van der Waals surface area contributed by atoms with Crippen LogP contribution in [0.4, 0.5) is 0 Å². The average molecular weight is 342 g/mol. The number of aliphatic hydroxyl groups excluding tert-OH is 1. The van der Waals surface area contributed by atoms with Crippen molar-refractivity contribution >= 4 is 26.9 Å². The van der Waals surface area contributed by atoms with Gasteiger partial charge in [-0.2, -0.15) is 5.26 Å². The Morgan fingerprint density at radius 3 is 2.81 bits per heavy atom. The summed E-state index contributed by atoms with van der Waals surface area (Å²) >= 11 is 3.52. The van der Waals surface area contributed by atoms with E-state index in [0.717, 1.165) is 37.9 Å². The summed E-state index contributed by atoms with van der Waals surface area (Å²) in [5, 5.41) is 19.4. The van der Waals surface area contributed by atoms with Crippen molar-refractivity contribution in [2.75, 3.05) is 0 Å². The van der Waals surface area contributed by atoms with Gasteiger partial charge >= 0.3 is 0 Å². The second-order valence-electron chi connectivity index (χ2n) is 4.84. The molecule has 0 saturated heterocycles. The van der Waals surface area contributed by atoms with Crippen LogP contribution in [0.25, 0.3) is 22.1 Å². The molecule has 1 heterocycles. The molecule has 0 fully saturated rings. The van der Waals surface area contributed by atoms with E-state index in [1.165, 1.54) is 0 Å². The highest BCUT2D eigenvalue weighted by molar-refractivity contribution is 9.10. The molecule has 4 heteroatoms. The average Bonchev–Trinajstić information content (AvgIpc) is 2.81. The van der Waals surface area contributed by atoms with Gasteiger partial charge in [-0.25, -0.2) is 0 Å². The highest BCUT2D eigenvalue weighted by Gasteiger charge is 2.15. The highest BCUT2D eigenvalue weighted by Crippen LogP contribution is 2.38. The van der Waals surface area contributed by atoms with Gasteiger partial charge < -0.3 is 9.52 Å². The van der Waals surface area contributed by atoms with E-state index in [9.17, 15) is 5.11 Å². The Kier molecular flexibility index (Phi) is 3.54. The molecule has 1 N–H and O–H groups in total. The molecule has 0 aliphatic carbocycles. The van der Waals surface area contributed by atoms with Crippen LogP contribution in [0.2, 0.25) is 0 Å². The first kappa shape index (κ1) is 13.9. The standard InChI is InChI=1S/C17H12BrNO2/c1-10-16(18)15-7-12(9-20)6-14(17(15)21-10)13-4-2-3-11(5-13)8-19/h2-7,20H,9H2,1H3. The van der Waals surface area contributed by atoms with Crippen molar-refractivity contribution in [1.29, 1.82) is 5.26 Å². The molecule has 3 aromatic rings. The number of hydrogen-bond acceptors (Lipinski definition) is 3. The largest absolute Gasteiger partial charge is 0.459 e. The number of nitriles is 1. The maximum absolute atomic E-state index is 9.47. The molecule has 3 rings (SSSR count). The van der Waals surface area contributed by atoms with Crippen molar-refractivity contribution < 1.29 is 9.52 Å². The third kappa shape index (κ3) is 2.35. The summed E-state index contributed by atoms with van der Waals surface area (Å²) in [4.78, 5) is 0. The molecule has 0 aliphatic heterocycles. The van der Waals surface area contributed by atoms with Gasteiger partial charge in [0.1, 0.15) is 11.3 Å². The monoisotopic (exact) mass is 341 g/mol. The van der Waals surface area contributed by atoms with E-state index in [2.05, 4.69) is 22.0 Å². The van der Waals surface area contributed by atoms with Crippen LogP contribution >= 0.6 is 15.9 Å². The van der Waals surface area contributed by atoms with E-state index in [0.29, 0.717) is 5.56 Å². The summed E-state index contributed by atoms with van der Waals surface area (Å²) < 4.78 is 6.74. The molecule has 0 unspecified atom stereocenters. The van der Waals surface area contributed by atoms with Gasteiger partial charge in [-0.15, -0.1) is 0 Å². The molecule has 0 amide bonds. The Morgan fingerprint density at radius 2 is 2.10 bits per heavy atom. The quantitative estimate of drug-likeness (QED) is 0.744. The van der Waals surface area contributed by atoms with Gasteiger partial charge in [-0.05, 0) is 58.2 Å². The SMILES string of the molecule is Cc1oc2c(-c3cccc(C#N)c3)cc(CO)cc2c1Br. The highest BCUT2D eigenvalue weighted by atomic mass is 79.9. The fraction of sp³-hybridized carbons (Fsp3) is 0.118. The minimum absolute atomic E-state index is 0.0441. The zero-order valence-electron chi connectivity index (χ0n) is 11.4. The van der Waals surface area contributed by atoms with Crippen LogP contribution in [0.3, 0.4) is 0 Å². The summed E-state index contributed by atoms with van der Waals surface area (Å²) in [5.74, 6) is 0.790. The van der Waals surface area contributed by atoms with Crippen LogP contribution in [0.15, 0.2) is 45.3 Å². The molecule has 0 aliphatic rings. The fourth-order valence-corrected chi connectivity index (χ4v) is 2.79. The topological polar surface area (TPSA) is 57.2 Å². The first-order valence-electron chi connectivity index (χ1n) is 6.47. The van der Waals surface area contributed by atoms with Crippen molar-refractivity contribution in [3.63, 3.8) is 0 Å². The Morgan fingerprint density at radius 1 is 1.29 bits per heavy atom. The molecular formula is C17H12BrNO2. The molecule has 104 valence electrons. The van der Waals surface area contributed by atoms with E-state index in [-0.39, 0.29) is 6.61 Å². The lowest BCUT2D eigenvalue weighted by Crippen LogP contribution is -1.87. The smallest absolute Gasteiger partial charge is 0.143 e. The number of aryl methyl sites for hydroxylation is 1. The van der Waals surface area contributed by atoms with Crippen LogP contribution < -0.4 is 0 Å². The lowest BCUT2D eigenvalue weighted by Gasteiger charge is -2.06. The summed E-state index contributed by atoms with van der Waals surface area (Å²) in [6, 6.07) is 13.3. The van der Waals surface area contributed by atoms with Crippen molar-refractivity contribution in [1.82, 2.24) is 0 Å². The molecular weight excluding hydrogens is 330 g/mol. The Labute approximate surface area is 130 Å². The third-order valence-corrected chi connectivity index (χ3v) is 4.42. The van der Waals surface area contributed by atoms with Gasteiger partial charge in [0.2, 0.25) is 0 Å². The minimum atomic E-state index is -0.0441. The normalized spacial score (nSPS) is 10.8. The van der Waals surface area contributed by atoms with E-state index in [1.807, 2.05) is 37.3 Å². The summed E-state index contributed by atoms with van der Waals surface area (Å²) in [6.45, 7) is 1.84. The first-order valence-corrected chi connectivity index (χ1v) is 7.26. The molecule has 0 saturated carbocycles. The number of hydrogen-bond donors (Lipinski definition) is 1. The zero-order valence-corrected chi connectivity index (χ0v) is 12.9. The molecule has 0 radical (unpaired) electrons. The van der Waals surface area contributed by atoms with E-state index < -0.39 is 0 Å². The number of nitrogens with zero attached hydrogens (tertiary/aromatic N) is 1. The lowest BCUT2D eigenvalue weighted by molar-refractivity contribution is 0.282. The summed E-state index contributed by atoms with van der Waals surface area (Å²) in [7, 11) is 0. The zero-order chi connectivity index (χ0) is 15.0. The fourth-order valence-electron chi connectivity index (χ4n) is 2.41. The second kappa shape index (κ2) is 5.36. The third-order valence-electron chi connectivity index (χ3n) is 3.43. The van der Waals surface area contributed by atoms with Crippen LogP contribution in [0.5, 0.6) is 0 Å². The van der Waals surface area contributed by atoms with Crippen LogP contribution in [0.1, 0.15) is 16.9 Å². The van der Waals surface area contributed by atoms with Gasteiger partial charge in [-0.1, -0.05) is 12.1 Å². The van der Waals surface area contributed by atoms with Crippen LogP contribution in [-0.2, 0) is 6.61 Å². The number of aliphatic hydroxyl groups is 1. The number of furan rings is 1. The maximum Gasteiger partial charge on any atom is 0.143 e. The van der Waals surface area contributed by atoms with Crippen molar-refractivity contribution in [2.45, 2.75) is 13.5 Å². The van der Waals surface area contributed by atoms with Gasteiger partial charge in [0.05, 0.1) is 22.7 Å². The van der Waals surface area contributed by atoms with Gasteiger partial charge in [0.25, 0.3) is 0 Å². The molecule has 3 nitrogen and oxygen atoms in total. The molecule has 1 aromatic heterocycles. The Bertz CT molecular complexity index is 874. The van der Waals surface area contributed by atoms with Gasteiger partial charge in [0.15, 0.2) is 0 Å². The van der Waals surface area contributed by atoms with Crippen molar-refractivity contribution in [3.05, 3.63) is 57.8 Å². The second-order valence-corrected chi connectivity index (χ2v) is 5.64. The lowest BCUT2D eigenvalue weighted by atomic mass is 9.99. The molecule has 0 atom stereocenters. The van der Waals surface area contributed by atoms with Gasteiger partial charge in [-0.3, -0.25) is 0 Å². The molecule has 0 spiro atoms. The summed E-state index contributed by atoms with van der Waals surface area (Å²) in [5.41, 5.74) is 3.93. The van der Waals surface area contributed by atoms with E-state index >= 15 is 0 Å². The predicted octanol–water partition coefficient (Wildman–Crippen LogP) is 4.53. The summed E-state index contributed by atoms with van der Waals surface area (Å²) in [6.07, 6.45) is 0. The number of rotatable bonds is 2. The van der Waals surface area contributed by atoms with Crippen molar-refractivity contribution in [3.8, 4) is 17.2 Å². The number of fused-ring (bicyclic) bond motifs is 1. The molecule has 21 heavy (non-hydrogen) atoms. The number of halogens is 1. The van der Waals surface area contributed by atoms with Crippen LogP contribution in [0, 0.1) is 18.3 Å². The van der Waals surface area contributed by atoms with E-state index in [4.69, 9.17) is 9.68 Å². The predicted molar refractivity (Wildman–Crippen MR) is 84.7 cm³/mol. The van der Waals surface area contributed by atoms with Gasteiger partial charge in [0, 0.05) is 10.9 Å². The maximum atomic E-state index is 9.47.